The lowest BCUT2D eigenvalue weighted by atomic mass is 10.1. The van der Waals surface area contributed by atoms with Crippen molar-refractivity contribution in [3.05, 3.63) is 17.7 Å². The van der Waals surface area contributed by atoms with E-state index in [2.05, 4.69) is 15.3 Å². The number of hydrogen-bond acceptors (Lipinski definition) is 2. The van der Waals surface area contributed by atoms with E-state index in [4.69, 9.17) is 0 Å². The highest BCUT2D eigenvalue weighted by Crippen LogP contribution is 2.32. The van der Waals surface area contributed by atoms with Crippen LogP contribution in [0.5, 0.6) is 0 Å². The molecule has 1 aliphatic carbocycles. The van der Waals surface area contributed by atoms with Crippen LogP contribution in [0, 0.1) is 0 Å². The van der Waals surface area contributed by atoms with Gasteiger partial charge in [0.25, 0.3) is 0 Å². The van der Waals surface area contributed by atoms with Crippen LogP contribution in [0.15, 0.2) is 6.20 Å². The van der Waals surface area contributed by atoms with Gasteiger partial charge in [-0.1, -0.05) is 12.8 Å². The summed E-state index contributed by atoms with van der Waals surface area (Å²) in [5.41, 5.74) is 1.34. The Bertz CT molecular complexity index is 261. The van der Waals surface area contributed by atoms with Crippen LogP contribution in [0.1, 0.15) is 43.1 Å². The van der Waals surface area contributed by atoms with Crippen LogP contribution in [0.25, 0.3) is 0 Å². The van der Waals surface area contributed by atoms with Crippen LogP contribution in [-0.4, -0.2) is 17.0 Å². The zero-order valence-corrected chi connectivity index (χ0v) is 8.14. The van der Waals surface area contributed by atoms with E-state index in [0.29, 0.717) is 0 Å². The third-order valence-corrected chi connectivity index (χ3v) is 2.79. The van der Waals surface area contributed by atoms with Gasteiger partial charge in [-0.05, 0) is 19.9 Å². The number of imidazole rings is 1. The standard InChI is InChI=1S/C10H17N3/c1-11-7-10-12-6-9(13-10)8-4-2-3-5-8/h6,8,11H,2-5,7H2,1H3,(H,12,13). The lowest BCUT2D eigenvalue weighted by Crippen LogP contribution is -2.06. The van der Waals surface area contributed by atoms with E-state index < -0.39 is 0 Å². The monoisotopic (exact) mass is 179 g/mol. The van der Waals surface area contributed by atoms with Gasteiger partial charge in [0.1, 0.15) is 5.82 Å². The summed E-state index contributed by atoms with van der Waals surface area (Å²) < 4.78 is 0. The molecule has 0 atom stereocenters. The first kappa shape index (κ1) is 8.75. The molecule has 0 aromatic carbocycles. The minimum absolute atomic E-state index is 0.748. The molecular weight excluding hydrogens is 162 g/mol. The molecule has 0 aliphatic heterocycles. The van der Waals surface area contributed by atoms with E-state index in [1.807, 2.05) is 13.2 Å². The van der Waals surface area contributed by atoms with Gasteiger partial charge in [0.05, 0.1) is 6.54 Å². The first-order chi connectivity index (χ1) is 6.40. The van der Waals surface area contributed by atoms with Crippen molar-refractivity contribution in [2.45, 2.75) is 38.1 Å². The molecule has 0 spiro atoms. The molecular formula is C10H17N3. The maximum atomic E-state index is 4.33. The largest absolute Gasteiger partial charge is 0.345 e. The summed E-state index contributed by atoms with van der Waals surface area (Å²) in [6, 6.07) is 0. The Morgan fingerprint density at radius 2 is 2.31 bits per heavy atom. The van der Waals surface area contributed by atoms with E-state index >= 15 is 0 Å². The summed E-state index contributed by atoms with van der Waals surface area (Å²) in [6.45, 7) is 0.840. The van der Waals surface area contributed by atoms with Crippen LogP contribution in [0.3, 0.4) is 0 Å². The molecule has 13 heavy (non-hydrogen) atoms. The van der Waals surface area contributed by atoms with Gasteiger partial charge in [-0.2, -0.15) is 0 Å². The van der Waals surface area contributed by atoms with Crippen molar-refractivity contribution in [1.29, 1.82) is 0 Å². The average molecular weight is 179 g/mol. The fourth-order valence-electron chi connectivity index (χ4n) is 2.08. The third-order valence-electron chi connectivity index (χ3n) is 2.79. The van der Waals surface area contributed by atoms with E-state index in [9.17, 15) is 0 Å². The van der Waals surface area contributed by atoms with Crippen molar-refractivity contribution in [1.82, 2.24) is 15.3 Å². The average Bonchev–Trinajstić information content (AvgIpc) is 2.70. The molecule has 1 saturated carbocycles. The summed E-state index contributed by atoms with van der Waals surface area (Å²) in [7, 11) is 1.94. The van der Waals surface area contributed by atoms with Crippen molar-refractivity contribution >= 4 is 0 Å². The van der Waals surface area contributed by atoms with Crippen molar-refractivity contribution in [3.8, 4) is 0 Å². The molecule has 3 nitrogen and oxygen atoms in total. The second-order valence-corrected chi connectivity index (χ2v) is 3.80. The molecule has 1 fully saturated rings. The maximum absolute atomic E-state index is 4.33. The second-order valence-electron chi connectivity index (χ2n) is 3.80. The van der Waals surface area contributed by atoms with E-state index in [0.717, 1.165) is 18.3 Å². The Morgan fingerprint density at radius 3 is 3.00 bits per heavy atom. The zero-order valence-electron chi connectivity index (χ0n) is 8.14. The molecule has 0 amide bonds. The van der Waals surface area contributed by atoms with Gasteiger partial charge in [0.15, 0.2) is 0 Å². The minimum atomic E-state index is 0.748. The Hall–Kier alpha value is -0.830. The van der Waals surface area contributed by atoms with Crippen LogP contribution >= 0.6 is 0 Å². The molecule has 1 heterocycles. The fraction of sp³-hybridized carbons (Fsp3) is 0.700. The number of nitrogens with one attached hydrogen (secondary N) is 2. The summed E-state index contributed by atoms with van der Waals surface area (Å²) in [4.78, 5) is 7.71. The van der Waals surface area contributed by atoms with Gasteiger partial charge in [-0.3, -0.25) is 0 Å². The Labute approximate surface area is 79.0 Å². The second kappa shape index (κ2) is 3.92. The highest BCUT2D eigenvalue weighted by atomic mass is 15.0. The summed E-state index contributed by atoms with van der Waals surface area (Å²) in [5, 5.41) is 3.09. The van der Waals surface area contributed by atoms with Gasteiger partial charge in [-0.15, -0.1) is 0 Å². The highest BCUT2D eigenvalue weighted by molar-refractivity contribution is 5.08. The molecule has 0 radical (unpaired) electrons. The minimum Gasteiger partial charge on any atom is -0.345 e. The van der Waals surface area contributed by atoms with Crippen molar-refractivity contribution in [2.75, 3.05) is 7.05 Å². The lowest BCUT2D eigenvalue weighted by Gasteiger charge is -2.04. The Kier molecular flexibility index (Phi) is 2.64. The van der Waals surface area contributed by atoms with E-state index in [-0.39, 0.29) is 0 Å². The molecule has 1 aliphatic rings. The van der Waals surface area contributed by atoms with Crippen LogP contribution in [0.4, 0.5) is 0 Å². The predicted octanol–water partition coefficient (Wildman–Crippen LogP) is 1.79. The SMILES string of the molecule is CNCc1ncc(C2CCCC2)[nH]1. The normalized spacial score (nSPS) is 18.2. The maximum Gasteiger partial charge on any atom is 0.120 e. The molecule has 2 rings (SSSR count). The summed E-state index contributed by atoms with van der Waals surface area (Å²) in [6.07, 6.45) is 7.43. The van der Waals surface area contributed by atoms with Crippen LogP contribution in [-0.2, 0) is 6.54 Å². The first-order valence-electron chi connectivity index (χ1n) is 5.08. The molecule has 3 heteroatoms. The van der Waals surface area contributed by atoms with Gasteiger partial charge >= 0.3 is 0 Å². The van der Waals surface area contributed by atoms with Gasteiger partial charge in [0.2, 0.25) is 0 Å². The number of aromatic nitrogens is 2. The molecule has 0 bridgehead atoms. The van der Waals surface area contributed by atoms with Crippen molar-refractivity contribution < 1.29 is 0 Å². The Balaban J connectivity index is 2.03. The van der Waals surface area contributed by atoms with Gasteiger partial charge < -0.3 is 10.3 Å². The molecule has 0 saturated heterocycles. The smallest absolute Gasteiger partial charge is 0.120 e. The van der Waals surface area contributed by atoms with Crippen molar-refractivity contribution in [3.63, 3.8) is 0 Å². The number of nitrogens with zero attached hydrogens (tertiary/aromatic N) is 1. The van der Waals surface area contributed by atoms with Crippen LogP contribution < -0.4 is 5.32 Å². The predicted molar refractivity (Wildman–Crippen MR) is 52.6 cm³/mol. The molecule has 1 aromatic rings. The highest BCUT2D eigenvalue weighted by Gasteiger charge is 2.18. The lowest BCUT2D eigenvalue weighted by molar-refractivity contribution is 0.693. The number of rotatable bonds is 3. The van der Waals surface area contributed by atoms with Crippen molar-refractivity contribution in [2.24, 2.45) is 0 Å². The number of aromatic amines is 1. The van der Waals surface area contributed by atoms with Gasteiger partial charge in [-0.25, -0.2) is 4.98 Å². The van der Waals surface area contributed by atoms with Gasteiger partial charge in [0, 0.05) is 17.8 Å². The fourth-order valence-corrected chi connectivity index (χ4v) is 2.08. The molecule has 0 unspecified atom stereocenters. The summed E-state index contributed by atoms with van der Waals surface area (Å²) >= 11 is 0. The zero-order chi connectivity index (χ0) is 9.10. The van der Waals surface area contributed by atoms with Crippen LogP contribution in [0.2, 0.25) is 0 Å². The van der Waals surface area contributed by atoms with E-state index in [1.165, 1.54) is 31.4 Å². The molecule has 1 aromatic heterocycles. The molecule has 2 N–H and O–H groups in total. The third kappa shape index (κ3) is 1.91. The topological polar surface area (TPSA) is 40.7 Å². The molecule has 72 valence electrons. The first-order valence-corrected chi connectivity index (χ1v) is 5.08. The Morgan fingerprint density at radius 1 is 1.54 bits per heavy atom. The summed E-state index contributed by atoms with van der Waals surface area (Å²) in [5.74, 6) is 1.81. The quantitative estimate of drug-likeness (QED) is 0.742. The van der Waals surface area contributed by atoms with E-state index in [1.54, 1.807) is 0 Å². The number of H-pyrrole nitrogens is 1. The number of hydrogen-bond donors (Lipinski definition) is 2.